The summed E-state index contributed by atoms with van der Waals surface area (Å²) >= 11 is 0. The lowest BCUT2D eigenvalue weighted by atomic mass is 10.2. The van der Waals surface area contributed by atoms with E-state index in [1.807, 2.05) is 48.5 Å². The number of carbonyl (C=O) groups is 2. The molecule has 0 aliphatic carbocycles. The van der Waals surface area contributed by atoms with Gasteiger partial charge >= 0.3 is 11.9 Å². The molecule has 0 saturated carbocycles. The van der Waals surface area contributed by atoms with E-state index < -0.39 is 17.5 Å². The number of carbonyl (C=O) groups excluding carboxylic acids is 2. The number of benzene rings is 2. The van der Waals surface area contributed by atoms with Gasteiger partial charge in [-0.1, -0.05) is 30.3 Å². The summed E-state index contributed by atoms with van der Waals surface area (Å²) < 4.78 is 18.1. The second kappa shape index (κ2) is 9.03. The Morgan fingerprint density at radius 3 is 2.40 bits per heavy atom. The van der Waals surface area contributed by atoms with Crippen molar-refractivity contribution >= 4 is 22.8 Å². The first-order valence-electron chi connectivity index (χ1n) is 9.96. The van der Waals surface area contributed by atoms with Crippen LogP contribution in [0.1, 0.15) is 43.7 Å². The quantitative estimate of drug-likeness (QED) is 0.528. The molecule has 0 aliphatic heterocycles. The molecule has 158 valence electrons. The Morgan fingerprint density at radius 1 is 1.00 bits per heavy atom. The van der Waals surface area contributed by atoms with Crippen molar-refractivity contribution in [3.05, 3.63) is 65.9 Å². The molecule has 3 rings (SSSR count). The summed E-state index contributed by atoms with van der Waals surface area (Å²) in [7, 11) is 0. The smallest absolute Gasteiger partial charge is 0.354 e. The van der Waals surface area contributed by atoms with Crippen LogP contribution in [-0.2, 0) is 27.4 Å². The summed E-state index contributed by atoms with van der Waals surface area (Å²) in [6, 6.07) is 17.1. The van der Waals surface area contributed by atoms with Crippen LogP contribution in [0.15, 0.2) is 54.6 Å². The molecule has 6 heteroatoms. The van der Waals surface area contributed by atoms with E-state index in [-0.39, 0.29) is 13.2 Å². The minimum Gasteiger partial charge on any atom is -0.489 e. The predicted octanol–water partition coefficient (Wildman–Crippen LogP) is 4.74. The van der Waals surface area contributed by atoms with Crippen molar-refractivity contribution in [2.75, 3.05) is 6.61 Å². The molecule has 0 bridgehead atoms. The largest absolute Gasteiger partial charge is 0.489 e. The highest BCUT2D eigenvalue weighted by atomic mass is 16.6. The molecule has 3 aromatic rings. The van der Waals surface area contributed by atoms with Crippen molar-refractivity contribution in [1.29, 1.82) is 0 Å². The summed E-state index contributed by atoms with van der Waals surface area (Å²) in [6.45, 7) is 7.77. The van der Waals surface area contributed by atoms with Crippen LogP contribution in [0.25, 0.3) is 10.9 Å². The molecule has 1 heterocycles. The number of hydrogen-bond acceptors (Lipinski definition) is 5. The second-order valence-electron chi connectivity index (χ2n) is 7.92. The molecule has 6 nitrogen and oxygen atoms in total. The molecule has 0 N–H and O–H groups in total. The van der Waals surface area contributed by atoms with Crippen molar-refractivity contribution < 1.29 is 23.8 Å². The Hall–Kier alpha value is -3.28. The summed E-state index contributed by atoms with van der Waals surface area (Å²) in [5.74, 6) is -0.227. The van der Waals surface area contributed by atoms with E-state index in [0.717, 1.165) is 16.5 Å². The summed E-state index contributed by atoms with van der Waals surface area (Å²) in [6.07, 6.45) is 0. The molecule has 0 atom stereocenters. The maximum absolute atomic E-state index is 12.5. The van der Waals surface area contributed by atoms with E-state index in [4.69, 9.17) is 14.2 Å². The number of ether oxygens (including phenoxy) is 3. The van der Waals surface area contributed by atoms with Gasteiger partial charge in [-0.25, -0.2) is 4.79 Å². The molecule has 0 spiro atoms. The lowest BCUT2D eigenvalue weighted by Gasteiger charge is -2.20. The number of nitrogens with zero attached hydrogens (tertiary/aromatic N) is 1. The van der Waals surface area contributed by atoms with Gasteiger partial charge in [-0.05, 0) is 57.5 Å². The van der Waals surface area contributed by atoms with Crippen LogP contribution in [0.2, 0.25) is 0 Å². The number of fused-ring (bicyclic) bond motifs is 1. The Balaban J connectivity index is 1.89. The van der Waals surface area contributed by atoms with Gasteiger partial charge in [-0.2, -0.15) is 0 Å². The van der Waals surface area contributed by atoms with E-state index in [2.05, 4.69) is 0 Å². The molecule has 0 unspecified atom stereocenters. The van der Waals surface area contributed by atoms with Gasteiger partial charge in [0.1, 0.15) is 30.2 Å². The van der Waals surface area contributed by atoms with Gasteiger partial charge in [-0.3, -0.25) is 4.79 Å². The highest BCUT2D eigenvalue weighted by Crippen LogP contribution is 2.26. The van der Waals surface area contributed by atoms with Gasteiger partial charge in [0, 0.05) is 10.9 Å². The molecule has 1 aromatic heterocycles. The van der Waals surface area contributed by atoms with Gasteiger partial charge in [0.2, 0.25) is 0 Å². The van der Waals surface area contributed by atoms with Crippen LogP contribution in [0.4, 0.5) is 0 Å². The third-order valence-corrected chi connectivity index (χ3v) is 4.31. The molecule has 0 fully saturated rings. The number of rotatable bonds is 7. The molecule has 30 heavy (non-hydrogen) atoms. The molecular formula is C24H27NO5. The maximum Gasteiger partial charge on any atom is 0.354 e. The minimum absolute atomic E-state index is 0.0842. The fraction of sp³-hybridized carbons (Fsp3) is 0.333. The van der Waals surface area contributed by atoms with E-state index >= 15 is 0 Å². The summed E-state index contributed by atoms with van der Waals surface area (Å²) in [4.78, 5) is 24.9. The zero-order valence-electron chi connectivity index (χ0n) is 17.8. The average molecular weight is 409 g/mol. The summed E-state index contributed by atoms with van der Waals surface area (Å²) in [5.41, 5.74) is 1.49. The van der Waals surface area contributed by atoms with E-state index in [1.54, 1.807) is 38.3 Å². The first-order chi connectivity index (χ1) is 14.3. The number of aromatic nitrogens is 1. The van der Waals surface area contributed by atoms with Crippen molar-refractivity contribution in [1.82, 2.24) is 4.57 Å². The lowest BCUT2D eigenvalue weighted by molar-refractivity contribution is -0.155. The first-order valence-corrected chi connectivity index (χ1v) is 9.96. The highest BCUT2D eigenvalue weighted by Gasteiger charge is 2.22. The third-order valence-electron chi connectivity index (χ3n) is 4.31. The van der Waals surface area contributed by atoms with Crippen LogP contribution in [0, 0.1) is 0 Å². The molecule has 0 saturated heterocycles. The summed E-state index contributed by atoms with van der Waals surface area (Å²) in [5, 5.41) is 0.784. The average Bonchev–Trinajstić information content (AvgIpc) is 3.03. The van der Waals surface area contributed by atoms with E-state index in [1.165, 1.54) is 0 Å². The monoisotopic (exact) mass is 409 g/mol. The van der Waals surface area contributed by atoms with Gasteiger partial charge in [0.25, 0.3) is 0 Å². The van der Waals surface area contributed by atoms with Gasteiger partial charge < -0.3 is 18.8 Å². The van der Waals surface area contributed by atoms with Crippen LogP contribution in [0.3, 0.4) is 0 Å². The zero-order valence-corrected chi connectivity index (χ0v) is 17.8. The SMILES string of the molecule is CCOC(=O)c1cc2cc(OCc3ccccc3)ccc2n1CC(=O)OC(C)(C)C. The minimum atomic E-state index is -0.609. The molecule has 0 aliphatic rings. The van der Waals surface area contributed by atoms with Gasteiger partial charge in [-0.15, -0.1) is 0 Å². The molecule has 0 amide bonds. The number of hydrogen-bond donors (Lipinski definition) is 0. The second-order valence-corrected chi connectivity index (χ2v) is 7.92. The standard InChI is InChI=1S/C24H27NO5/c1-5-28-23(27)21-14-18-13-19(29-16-17-9-7-6-8-10-17)11-12-20(18)25(21)15-22(26)30-24(2,3)4/h6-14H,5,15-16H2,1-4H3. The fourth-order valence-electron chi connectivity index (χ4n) is 3.13. The predicted molar refractivity (Wildman–Crippen MR) is 115 cm³/mol. The van der Waals surface area contributed by atoms with Crippen molar-refractivity contribution in [2.24, 2.45) is 0 Å². The van der Waals surface area contributed by atoms with Crippen LogP contribution in [0.5, 0.6) is 5.75 Å². The number of esters is 2. The van der Waals surface area contributed by atoms with Gasteiger partial charge in [0.05, 0.1) is 6.61 Å². The van der Waals surface area contributed by atoms with Crippen molar-refractivity contribution in [3.8, 4) is 5.75 Å². The van der Waals surface area contributed by atoms with Crippen LogP contribution >= 0.6 is 0 Å². The molecular weight excluding hydrogens is 382 g/mol. The third kappa shape index (κ3) is 5.41. The van der Waals surface area contributed by atoms with Crippen molar-refractivity contribution in [2.45, 2.75) is 46.4 Å². The van der Waals surface area contributed by atoms with Crippen LogP contribution in [-0.4, -0.2) is 28.7 Å². The highest BCUT2D eigenvalue weighted by molar-refractivity contribution is 5.97. The molecule has 0 radical (unpaired) electrons. The fourth-order valence-corrected chi connectivity index (χ4v) is 3.13. The topological polar surface area (TPSA) is 66.8 Å². The Labute approximate surface area is 176 Å². The normalized spacial score (nSPS) is 11.3. The first kappa shape index (κ1) is 21.4. The Bertz CT molecular complexity index is 1030. The van der Waals surface area contributed by atoms with Crippen molar-refractivity contribution in [3.63, 3.8) is 0 Å². The van der Waals surface area contributed by atoms with Gasteiger partial charge in [0.15, 0.2) is 0 Å². The van der Waals surface area contributed by atoms with Crippen LogP contribution < -0.4 is 4.74 Å². The maximum atomic E-state index is 12.5. The Kier molecular flexibility index (Phi) is 6.45. The molecule has 2 aromatic carbocycles. The van der Waals surface area contributed by atoms with E-state index in [0.29, 0.717) is 18.1 Å². The van der Waals surface area contributed by atoms with E-state index in [9.17, 15) is 9.59 Å². The Morgan fingerprint density at radius 2 is 1.73 bits per heavy atom. The zero-order chi connectivity index (χ0) is 21.7. The lowest BCUT2D eigenvalue weighted by Crippen LogP contribution is -2.27.